The van der Waals surface area contributed by atoms with Crippen LogP contribution < -0.4 is 0 Å². The third kappa shape index (κ3) is 3.55. The highest BCUT2D eigenvalue weighted by molar-refractivity contribution is 6.20. The Morgan fingerprint density at radius 3 is 2.65 bits per heavy atom. The zero-order chi connectivity index (χ0) is 14.9. The lowest BCUT2D eigenvalue weighted by atomic mass is 9.68. The first-order valence-corrected chi connectivity index (χ1v) is 8.25. The molecule has 2 rings (SSSR count). The van der Waals surface area contributed by atoms with Crippen molar-refractivity contribution in [3.8, 4) is 0 Å². The lowest BCUT2D eigenvalue weighted by Crippen LogP contribution is -2.34. The second-order valence-electron chi connectivity index (χ2n) is 7.57. The van der Waals surface area contributed by atoms with Crippen molar-refractivity contribution in [3.63, 3.8) is 0 Å². The van der Waals surface area contributed by atoms with Crippen LogP contribution in [0.3, 0.4) is 0 Å². The van der Waals surface area contributed by atoms with Crippen molar-refractivity contribution in [1.29, 1.82) is 0 Å². The van der Waals surface area contributed by atoms with Gasteiger partial charge in [0.2, 0.25) is 0 Å². The smallest absolute Gasteiger partial charge is 0.138 e. The van der Waals surface area contributed by atoms with Crippen LogP contribution in [0.1, 0.15) is 65.7 Å². The molecular weight excluding hydrogens is 270 g/mol. The summed E-state index contributed by atoms with van der Waals surface area (Å²) >= 11 is 6.59. The predicted octanol–water partition coefficient (Wildman–Crippen LogP) is 4.47. The fraction of sp³-hybridized carbons (Fsp3) is 0.875. The molecule has 1 aromatic heterocycles. The summed E-state index contributed by atoms with van der Waals surface area (Å²) in [6.45, 7) is 11.3. The fourth-order valence-electron chi connectivity index (χ4n) is 3.31. The molecular formula is C16H28ClN3. The van der Waals surface area contributed by atoms with Crippen molar-refractivity contribution in [2.75, 3.05) is 0 Å². The third-order valence-electron chi connectivity index (χ3n) is 4.70. The van der Waals surface area contributed by atoms with E-state index in [0.717, 1.165) is 24.6 Å². The number of aromatic nitrogens is 3. The van der Waals surface area contributed by atoms with Crippen LogP contribution in [-0.4, -0.2) is 20.1 Å². The van der Waals surface area contributed by atoms with Gasteiger partial charge in [-0.3, -0.25) is 0 Å². The van der Waals surface area contributed by atoms with Crippen LogP contribution in [0.15, 0.2) is 6.33 Å². The highest BCUT2D eigenvalue weighted by Gasteiger charge is 2.35. The molecule has 3 nitrogen and oxygen atoms in total. The van der Waals surface area contributed by atoms with Gasteiger partial charge in [0, 0.05) is 17.8 Å². The van der Waals surface area contributed by atoms with E-state index in [1.165, 1.54) is 12.8 Å². The van der Waals surface area contributed by atoms with E-state index in [1.54, 1.807) is 6.33 Å². The summed E-state index contributed by atoms with van der Waals surface area (Å²) < 4.78 is 2.03. The number of hydrogen-bond donors (Lipinski definition) is 0. The van der Waals surface area contributed by atoms with Gasteiger partial charge in [-0.2, -0.15) is 5.10 Å². The van der Waals surface area contributed by atoms with Crippen LogP contribution in [0, 0.1) is 17.3 Å². The maximum Gasteiger partial charge on any atom is 0.138 e. The molecule has 0 radical (unpaired) electrons. The summed E-state index contributed by atoms with van der Waals surface area (Å²) in [4.78, 5) is 4.45. The van der Waals surface area contributed by atoms with Gasteiger partial charge in [-0.15, -0.1) is 11.6 Å². The molecule has 0 spiro atoms. The van der Waals surface area contributed by atoms with E-state index in [9.17, 15) is 0 Å². The summed E-state index contributed by atoms with van der Waals surface area (Å²) in [6, 6.07) is 0.364. The SMILES string of the molecule is CC(C)n1ncnc1CC1CC(C(C)(C)C)CCC1Cl. The Bertz CT molecular complexity index is 433. The molecule has 20 heavy (non-hydrogen) atoms. The van der Waals surface area contributed by atoms with Gasteiger partial charge in [0.25, 0.3) is 0 Å². The second kappa shape index (κ2) is 6.05. The van der Waals surface area contributed by atoms with Gasteiger partial charge in [-0.1, -0.05) is 20.8 Å². The number of halogens is 1. The summed E-state index contributed by atoms with van der Waals surface area (Å²) in [7, 11) is 0. The first kappa shape index (κ1) is 15.8. The molecule has 3 unspecified atom stereocenters. The Kier molecular flexibility index (Phi) is 4.78. The number of nitrogens with zero attached hydrogens (tertiary/aromatic N) is 3. The van der Waals surface area contributed by atoms with Crippen molar-refractivity contribution in [1.82, 2.24) is 14.8 Å². The average Bonchev–Trinajstić information content (AvgIpc) is 2.78. The fourth-order valence-corrected chi connectivity index (χ4v) is 3.63. The van der Waals surface area contributed by atoms with Crippen molar-refractivity contribution in [3.05, 3.63) is 12.2 Å². The zero-order valence-electron chi connectivity index (χ0n) is 13.4. The lowest BCUT2D eigenvalue weighted by Gasteiger charge is -2.40. The number of rotatable bonds is 3. The van der Waals surface area contributed by atoms with Gasteiger partial charge in [-0.25, -0.2) is 9.67 Å². The van der Waals surface area contributed by atoms with Gasteiger partial charge in [0.1, 0.15) is 12.2 Å². The van der Waals surface area contributed by atoms with Crippen LogP contribution in [0.5, 0.6) is 0 Å². The van der Waals surface area contributed by atoms with E-state index in [-0.39, 0.29) is 5.38 Å². The van der Waals surface area contributed by atoms with Crippen molar-refractivity contribution in [2.24, 2.45) is 17.3 Å². The minimum atomic E-state index is 0.283. The van der Waals surface area contributed by atoms with Crippen LogP contribution in [0.2, 0.25) is 0 Å². The monoisotopic (exact) mass is 297 g/mol. The van der Waals surface area contributed by atoms with E-state index in [1.807, 2.05) is 4.68 Å². The molecule has 114 valence electrons. The van der Waals surface area contributed by atoms with Gasteiger partial charge in [0.05, 0.1) is 0 Å². The van der Waals surface area contributed by atoms with E-state index >= 15 is 0 Å². The summed E-state index contributed by atoms with van der Waals surface area (Å²) in [6.07, 6.45) is 6.22. The quantitative estimate of drug-likeness (QED) is 0.771. The molecule has 1 aliphatic rings. The van der Waals surface area contributed by atoms with Crippen molar-refractivity contribution >= 4 is 11.6 Å². The van der Waals surface area contributed by atoms with Crippen LogP contribution >= 0.6 is 11.6 Å². The van der Waals surface area contributed by atoms with Gasteiger partial charge < -0.3 is 0 Å². The van der Waals surface area contributed by atoms with Crippen molar-refractivity contribution in [2.45, 2.75) is 71.7 Å². The summed E-state index contributed by atoms with van der Waals surface area (Å²) in [5, 5.41) is 4.62. The normalized spacial score (nSPS) is 28.1. The average molecular weight is 298 g/mol. The van der Waals surface area contributed by atoms with Gasteiger partial charge in [0.15, 0.2) is 0 Å². The molecule has 1 saturated carbocycles. The maximum atomic E-state index is 6.59. The molecule has 0 aromatic carbocycles. The first-order valence-electron chi connectivity index (χ1n) is 7.81. The minimum Gasteiger partial charge on any atom is -0.248 e. The number of hydrogen-bond acceptors (Lipinski definition) is 2. The zero-order valence-corrected chi connectivity index (χ0v) is 14.2. The Labute approximate surface area is 128 Å². The van der Waals surface area contributed by atoms with E-state index in [0.29, 0.717) is 17.4 Å². The third-order valence-corrected chi connectivity index (χ3v) is 5.27. The molecule has 3 atom stereocenters. The van der Waals surface area contributed by atoms with Crippen LogP contribution in [0.4, 0.5) is 0 Å². The highest BCUT2D eigenvalue weighted by atomic mass is 35.5. The Morgan fingerprint density at radius 1 is 1.35 bits per heavy atom. The second-order valence-corrected chi connectivity index (χ2v) is 8.13. The van der Waals surface area contributed by atoms with Crippen LogP contribution in [0.25, 0.3) is 0 Å². The molecule has 1 aliphatic carbocycles. The van der Waals surface area contributed by atoms with Gasteiger partial charge >= 0.3 is 0 Å². The van der Waals surface area contributed by atoms with E-state index in [2.05, 4.69) is 44.7 Å². The Hall–Kier alpha value is -0.570. The standard InChI is InChI=1S/C16H28ClN3/c1-11(2)20-15(18-10-19-20)9-12-8-13(16(3,4)5)6-7-14(12)17/h10-14H,6-9H2,1-5H3. The van der Waals surface area contributed by atoms with Gasteiger partial charge in [-0.05, 0) is 50.4 Å². The molecule has 0 amide bonds. The molecule has 1 aromatic rings. The molecule has 0 N–H and O–H groups in total. The number of alkyl halides is 1. The minimum absolute atomic E-state index is 0.283. The summed E-state index contributed by atoms with van der Waals surface area (Å²) in [5.74, 6) is 2.37. The summed E-state index contributed by atoms with van der Waals surface area (Å²) in [5.41, 5.74) is 0.376. The topological polar surface area (TPSA) is 30.7 Å². The molecule has 0 bridgehead atoms. The molecule has 1 heterocycles. The lowest BCUT2D eigenvalue weighted by molar-refractivity contribution is 0.142. The van der Waals surface area contributed by atoms with Crippen LogP contribution in [-0.2, 0) is 6.42 Å². The molecule has 1 fully saturated rings. The van der Waals surface area contributed by atoms with Crippen molar-refractivity contribution < 1.29 is 0 Å². The molecule has 4 heteroatoms. The predicted molar refractivity (Wildman–Crippen MR) is 84.0 cm³/mol. The van der Waals surface area contributed by atoms with E-state index < -0.39 is 0 Å². The Balaban J connectivity index is 2.08. The molecule has 0 aliphatic heterocycles. The molecule has 0 saturated heterocycles. The first-order chi connectivity index (χ1) is 9.29. The maximum absolute atomic E-state index is 6.59. The Morgan fingerprint density at radius 2 is 2.05 bits per heavy atom. The largest absolute Gasteiger partial charge is 0.248 e. The van der Waals surface area contributed by atoms with E-state index in [4.69, 9.17) is 11.6 Å². The highest BCUT2D eigenvalue weighted by Crippen LogP contribution is 2.42.